The summed E-state index contributed by atoms with van der Waals surface area (Å²) in [7, 11) is 0. The topological polar surface area (TPSA) is 77.0 Å². The monoisotopic (exact) mass is 440 g/mol. The van der Waals surface area contributed by atoms with Crippen molar-refractivity contribution in [3.63, 3.8) is 0 Å². The van der Waals surface area contributed by atoms with E-state index in [1.54, 1.807) is 11.0 Å². The van der Waals surface area contributed by atoms with Gasteiger partial charge in [0, 0.05) is 44.0 Å². The summed E-state index contributed by atoms with van der Waals surface area (Å²) in [6, 6.07) is 6.02. The molecule has 2 aliphatic heterocycles. The Morgan fingerprint density at radius 1 is 1.12 bits per heavy atom. The van der Waals surface area contributed by atoms with Gasteiger partial charge < -0.3 is 19.8 Å². The van der Waals surface area contributed by atoms with E-state index in [-0.39, 0.29) is 30.0 Å². The Morgan fingerprint density at radius 3 is 2.50 bits per heavy atom. The van der Waals surface area contributed by atoms with Crippen LogP contribution in [0.4, 0.5) is 15.9 Å². The molecule has 2 saturated heterocycles. The number of amides is 2. The van der Waals surface area contributed by atoms with Crippen molar-refractivity contribution < 1.29 is 19.1 Å². The van der Waals surface area contributed by atoms with Crippen LogP contribution in [-0.4, -0.2) is 65.6 Å². The molecule has 0 radical (unpaired) electrons. The van der Waals surface area contributed by atoms with E-state index in [9.17, 15) is 19.1 Å². The van der Waals surface area contributed by atoms with Gasteiger partial charge >= 0.3 is 0 Å². The maximum atomic E-state index is 14.9. The van der Waals surface area contributed by atoms with Crippen LogP contribution < -0.4 is 9.80 Å². The van der Waals surface area contributed by atoms with Crippen LogP contribution in [0.1, 0.15) is 40.0 Å². The van der Waals surface area contributed by atoms with Gasteiger partial charge in [-0.15, -0.1) is 0 Å². The summed E-state index contributed by atoms with van der Waals surface area (Å²) in [6.45, 7) is 8.10. The lowest BCUT2D eigenvalue weighted by atomic mass is 10.1. The molecule has 0 saturated carbocycles. The number of halogens is 1. The standard InChI is InChI=1S/C24H29FN4O3/c1-15-12-16(2)23(26-17(15)3)27-8-10-28(11-9-27)24(32)20-6-4-18(13-21(20)25)29-19(14-30)5-7-22(29)31/h4,6,12-13,19,30H,5,7-11,14H2,1-3H3. The molecule has 0 bridgehead atoms. The molecule has 1 unspecified atom stereocenters. The number of aliphatic hydroxyl groups excluding tert-OH is 1. The van der Waals surface area contributed by atoms with Crippen molar-refractivity contribution in [1.82, 2.24) is 9.88 Å². The number of pyridine rings is 1. The van der Waals surface area contributed by atoms with Crippen LogP contribution in [0.25, 0.3) is 0 Å². The van der Waals surface area contributed by atoms with Crippen molar-refractivity contribution in [3.8, 4) is 0 Å². The second-order valence-electron chi connectivity index (χ2n) is 8.61. The van der Waals surface area contributed by atoms with E-state index in [1.165, 1.54) is 17.0 Å². The maximum Gasteiger partial charge on any atom is 0.256 e. The minimum absolute atomic E-state index is 0.00474. The molecule has 1 atom stereocenters. The zero-order valence-corrected chi connectivity index (χ0v) is 18.8. The number of aliphatic hydroxyl groups is 1. The summed E-state index contributed by atoms with van der Waals surface area (Å²) in [5, 5.41) is 9.49. The van der Waals surface area contributed by atoms with E-state index in [0.29, 0.717) is 44.7 Å². The van der Waals surface area contributed by atoms with Gasteiger partial charge in [0.25, 0.3) is 5.91 Å². The average Bonchev–Trinajstić information content (AvgIpc) is 3.16. The lowest BCUT2D eigenvalue weighted by Gasteiger charge is -2.36. The van der Waals surface area contributed by atoms with Gasteiger partial charge in [0.1, 0.15) is 11.6 Å². The van der Waals surface area contributed by atoms with E-state index < -0.39 is 5.82 Å². The molecule has 4 rings (SSSR count). The fraction of sp³-hybridized carbons (Fsp3) is 0.458. The molecule has 8 heteroatoms. The number of nitrogens with zero attached hydrogens (tertiary/aromatic N) is 4. The van der Waals surface area contributed by atoms with Crippen LogP contribution in [0, 0.1) is 26.6 Å². The Kier molecular flexibility index (Phi) is 6.15. The number of hydrogen-bond donors (Lipinski definition) is 1. The lowest BCUT2D eigenvalue weighted by molar-refractivity contribution is -0.117. The predicted molar refractivity (Wildman–Crippen MR) is 121 cm³/mol. The van der Waals surface area contributed by atoms with Crippen molar-refractivity contribution >= 4 is 23.3 Å². The number of hydrogen-bond acceptors (Lipinski definition) is 5. The van der Waals surface area contributed by atoms with Gasteiger partial charge in [-0.2, -0.15) is 0 Å². The second-order valence-corrected chi connectivity index (χ2v) is 8.61. The number of carbonyl (C=O) groups is 2. The number of rotatable bonds is 4. The Balaban J connectivity index is 1.46. The lowest BCUT2D eigenvalue weighted by Crippen LogP contribution is -2.49. The first-order chi connectivity index (χ1) is 15.3. The van der Waals surface area contributed by atoms with Gasteiger partial charge in [-0.3, -0.25) is 9.59 Å². The molecule has 2 aliphatic rings. The first-order valence-electron chi connectivity index (χ1n) is 11.0. The molecule has 2 aromatic rings. The van der Waals surface area contributed by atoms with Gasteiger partial charge in [0.2, 0.25) is 5.91 Å². The van der Waals surface area contributed by atoms with Crippen LogP contribution in [0.3, 0.4) is 0 Å². The molecule has 170 valence electrons. The molecule has 0 aliphatic carbocycles. The summed E-state index contributed by atoms with van der Waals surface area (Å²) in [5.74, 6) is -0.221. The van der Waals surface area contributed by atoms with E-state index in [2.05, 4.69) is 11.0 Å². The van der Waals surface area contributed by atoms with Crippen molar-refractivity contribution in [2.24, 2.45) is 0 Å². The fourth-order valence-corrected chi connectivity index (χ4v) is 4.54. The summed E-state index contributed by atoms with van der Waals surface area (Å²) in [6.07, 6.45) is 0.864. The summed E-state index contributed by atoms with van der Waals surface area (Å²) in [4.78, 5) is 35.1. The minimum atomic E-state index is -0.655. The number of carbonyl (C=O) groups excluding carboxylic acids is 2. The van der Waals surface area contributed by atoms with Crippen LogP contribution in [0.2, 0.25) is 0 Å². The average molecular weight is 441 g/mol. The second kappa shape index (κ2) is 8.86. The van der Waals surface area contributed by atoms with Gasteiger partial charge in [0.15, 0.2) is 0 Å². The quantitative estimate of drug-likeness (QED) is 0.791. The Bertz CT molecular complexity index is 1050. The maximum absolute atomic E-state index is 14.9. The zero-order chi connectivity index (χ0) is 23.0. The zero-order valence-electron chi connectivity index (χ0n) is 18.8. The predicted octanol–water partition coefficient (Wildman–Crippen LogP) is 2.60. The third kappa shape index (κ3) is 4.07. The van der Waals surface area contributed by atoms with Crippen LogP contribution >= 0.6 is 0 Å². The molecule has 3 heterocycles. The smallest absolute Gasteiger partial charge is 0.256 e. The van der Waals surface area contributed by atoms with Crippen molar-refractivity contribution in [3.05, 3.63) is 52.5 Å². The number of benzene rings is 1. The number of aryl methyl sites for hydroxylation is 3. The van der Waals surface area contributed by atoms with Crippen LogP contribution in [0.15, 0.2) is 24.3 Å². The third-order valence-corrected chi connectivity index (χ3v) is 6.49. The van der Waals surface area contributed by atoms with E-state index in [1.807, 2.05) is 20.8 Å². The Labute approximate surface area is 187 Å². The highest BCUT2D eigenvalue weighted by Crippen LogP contribution is 2.29. The first-order valence-corrected chi connectivity index (χ1v) is 11.0. The number of piperazine rings is 1. The molecular formula is C24H29FN4O3. The van der Waals surface area contributed by atoms with Gasteiger partial charge in [-0.05, 0) is 56.5 Å². The van der Waals surface area contributed by atoms with Crippen molar-refractivity contribution in [2.75, 3.05) is 42.6 Å². The van der Waals surface area contributed by atoms with Crippen molar-refractivity contribution in [2.45, 2.75) is 39.7 Å². The van der Waals surface area contributed by atoms with Crippen LogP contribution in [-0.2, 0) is 4.79 Å². The molecule has 32 heavy (non-hydrogen) atoms. The summed E-state index contributed by atoms with van der Waals surface area (Å²) < 4.78 is 14.9. The minimum Gasteiger partial charge on any atom is -0.394 e. The number of anilines is 2. The first kappa shape index (κ1) is 22.2. The van der Waals surface area contributed by atoms with Crippen LogP contribution in [0.5, 0.6) is 0 Å². The molecule has 2 amide bonds. The van der Waals surface area contributed by atoms with E-state index in [4.69, 9.17) is 4.98 Å². The SMILES string of the molecule is Cc1cc(C)c(N2CCN(C(=O)c3ccc(N4C(=O)CCC4CO)cc3F)CC2)nc1C. The van der Waals surface area contributed by atoms with Crippen molar-refractivity contribution in [1.29, 1.82) is 0 Å². The molecule has 1 N–H and O–H groups in total. The molecule has 7 nitrogen and oxygen atoms in total. The van der Waals surface area contributed by atoms with Gasteiger partial charge in [-0.25, -0.2) is 9.37 Å². The number of aromatic nitrogens is 1. The highest BCUT2D eigenvalue weighted by molar-refractivity contribution is 5.98. The highest BCUT2D eigenvalue weighted by atomic mass is 19.1. The largest absolute Gasteiger partial charge is 0.394 e. The highest BCUT2D eigenvalue weighted by Gasteiger charge is 2.33. The fourth-order valence-electron chi connectivity index (χ4n) is 4.54. The Morgan fingerprint density at radius 2 is 1.84 bits per heavy atom. The van der Waals surface area contributed by atoms with E-state index >= 15 is 0 Å². The molecule has 1 aromatic carbocycles. The summed E-state index contributed by atoms with van der Waals surface area (Å²) >= 11 is 0. The molecule has 2 fully saturated rings. The van der Waals surface area contributed by atoms with E-state index in [0.717, 1.165) is 22.6 Å². The summed E-state index contributed by atoms with van der Waals surface area (Å²) in [5.41, 5.74) is 3.62. The van der Waals surface area contributed by atoms with Gasteiger partial charge in [0.05, 0.1) is 18.2 Å². The molecule has 1 aromatic heterocycles. The normalized spacial score (nSPS) is 19.1. The Hall–Kier alpha value is -3.00. The molecule has 0 spiro atoms. The molecular weight excluding hydrogens is 411 g/mol. The van der Waals surface area contributed by atoms with Gasteiger partial charge in [-0.1, -0.05) is 6.07 Å². The third-order valence-electron chi connectivity index (χ3n) is 6.49.